The molecule has 0 atom stereocenters. The first kappa shape index (κ1) is 13.2. The fourth-order valence-corrected chi connectivity index (χ4v) is 2.70. The minimum atomic E-state index is -1.73. The Hall–Kier alpha value is -1.28. The van der Waals surface area contributed by atoms with E-state index < -0.39 is 8.32 Å². The summed E-state index contributed by atoms with van der Waals surface area (Å²) in [5.41, 5.74) is 0. The Labute approximate surface area is 111 Å². The number of benzene rings is 2. The number of fused-ring (bicyclic) bond motifs is 1. The van der Waals surface area contributed by atoms with Crippen molar-refractivity contribution in [3.05, 3.63) is 42.5 Å². The van der Waals surface area contributed by atoms with Gasteiger partial charge >= 0.3 is 0 Å². The Kier molecular flexibility index (Phi) is 3.24. The smallest absolute Gasteiger partial charge is 0.250 e. The van der Waals surface area contributed by atoms with Gasteiger partial charge in [-0.05, 0) is 41.0 Å². The Bertz CT molecular complexity index is 552. The van der Waals surface area contributed by atoms with Crippen LogP contribution in [0.15, 0.2) is 42.5 Å². The molecule has 0 bridgehead atoms. The van der Waals surface area contributed by atoms with Gasteiger partial charge in [-0.2, -0.15) is 0 Å². The van der Waals surface area contributed by atoms with E-state index in [1.165, 1.54) is 10.8 Å². The standard InChI is InChI=1S/C16H22OSi/c1-16(2,3)18(4,5)17-15-11-10-13-8-6-7-9-14(13)12-15/h6-12H,1-5H3. The summed E-state index contributed by atoms with van der Waals surface area (Å²) in [6.45, 7) is 11.4. The molecule has 96 valence electrons. The fourth-order valence-electron chi connectivity index (χ4n) is 1.68. The predicted molar refractivity (Wildman–Crippen MR) is 81.8 cm³/mol. The zero-order chi connectivity index (χ0) is 13.4. The van der Waals surface area contributed by atoms with E-state index in [9.17, 15) is 0 Å². The summed E-state index contributed by atoms with van der Waals surface area (Å²) in [5, 5.41) is 2.74. The SMILES string of the molecule is CC(C)(C)[Si](C)(C)Oc1ccc2ccccc2c1. The molecule has 2 heteroatoms. The highest BCUT2D eigenvalue weighted by Crippen LogP contribution is 2.37. The van der Waals surface area contributed by atoms with Crippen molar-refractivity contribution in [3.8, 4) is 5.75 Å². The molecule has 0 saturated heterocycles. The van der Waals surface area contributed by atoms with Gasteiger partial charge in [-0.1, -0.05) is 51.1 Å². The van der Waals surface area contributed by atoms with Crippen LogP contribution in [0.5, 0.6) is 5.75 Å². The molecule has 2 rings (SSSR count). The highest BCUT2D eigenvalue weighted by Gasteiger charge is 2.38. The first-order chi connectivity index (χ1) is 8.29. The molecule has 0 aliphatic carbocycles. The van der Waals surface area contributed by atoms with Crippen LogP contribution < -0.4 is 4.43 Å². The number of hydrogen-bond donors (Lipinski definition) is 0. The Morgan fingerprint density at radius 1 is 0.889 bits per heavy atom. The topological polar surface area (TPSA) is 9.23 Å². The van der Waals surface area contributed by atoms with Gasteiger partial charge in [-0.15, -0.1) is 0 Å². The first-order valence-corrected chi connectivity index (χ1v) is 9.38. The maximum absolute atomic E-state index is 6.31. The van der Waals surface area contributed by atoms with E-state index in [1.807, 2.05) is 0 Å². The van der Waals surface area contributed by atoms with Crippen LogP contribution in [0.25, 0.3) is 10.8 Å². The van der Waals surface area contributed by atoms with Gasteiger partial charge in [0.2, 0.25) is 8.32 Å². The van der Waals surface area contributed by atoms with E-state index in [0.29, 0.717) is 0 Å². The van der Waals surface area contributed by atoms with Crippen molar-refractivity contribution in [3.63, 3.8) is 0 Å². The van der Waals surface area contributed by atoms with Crippen molar-refractivity contribution in [1.29, 1.82) is 0 Å². The molecule has 18 heavy (non-hydrogen) atoms. The van der Waals surface area contributed by atoms with Crippen LogP contribution in [0.4, 0.5) is 0 Å². The van der Waals surface area contributed by atoms with Crippen LogP contribution >= 0.6 is 0 Å². The molecule has 0 aliphatic rings. The van der Waals surface area contributed by atoms with Crippen LogP contribution in [0.3, 0.4) is 0 Å². The van der Waals surface area contributed by atoms with Crippen molar-refractivity contribution in [1.82, 2.24) is 0 Å². The lowest BCUT2D eigenvalue weighted by molar-refractivity contribution is 0.493. The predicted octanol–water partition coefficient (Wildman–Crippen LogP) is 5.22. The third-order valence-electron chi connectivity index (χ3n) is 3.90. The van der Waals surface area contributed by atoms with E-state index in [1.54, 1.807) is 0 Å². The van der Waals surface area contributed by atoms with Crippen molar-refractivity contribution in [2.75, 3.05) is 0 Å². The quantitative estimate of drug-likeness (QED) is 0.671. The summed E-state index contributed by atoms with van der Waals surface area (Å²) in [7, 11) is -1.73. The second kappa shape index (κ2) is 4.43. The van der Waals surface area contributed by atoms with Gasteiger partial charge in [0.25, 0.3) is 0 Å². The van der Waals surface area contributed by atoms with Crippen molar-refractivity contribution in [2.45, 2.75) is 38.9 Å². The van der Waals surface area contributed by atoms with Crippen LogP contribution in [0.1, 0.15) is 20.8 Å². The minimum absolute atomic E-state index is 0.235. The molecule has 0 saturated carbocycles. The Morgan fingerprint density at radius 3 is 2.11 bits per heavy atom. The molecule has 0 fully saturated rings. The molecular formula is C16H22OSi. The third-order valence-corrected chi connectivity index (χ3v) is 8.26. The molecule has 1 nitrogen and oxygen atoms in total. The normalized spacial score (nSPS) is 12.7. The monoisotopic (exact) mass is 258 g/mol. The van der Waals surface area contributed by atoms with Gasteiger partial charge in [0.1, 0.15) is 5.75 Å². The summed E-state index contributed by atoms with van der Waals surface area (Å²) >= 11 is 0. The molecule has 0 heterocycles. The van der Waals surface area contributed by atoms with Gasteiger partial charge < -0.3 is 4.43 Å². The lowest BCUT2D eigenvalue weighted by atomic mass is 10.1. The van der Waals surface area contributed by atoms with E-state index >= 15 is 0 Å². The highest BCUT2D eigenvalue weighted by atomic mass is 28.4. The van der Waals surface area contributed by atoms with Crippen molar-refractivity contribution < 1.29 is 4.43 Å². The van der Waals surface area contributed by atoms with E-state index in [0.717, 1.165) is 5.75 Å². The van der Waals surface area contributed by atoms with E-state index in [2.05, 4.69) is 76.3 Å². The second-order valence-corrected chi connectivity index (χ2v) is 11.1. The molecule has 0 spiro atoms. The zero-order valence-electron chi connectivity index (χ0n) is 11.9. The minimum Gasteiger partial charge on any atom is -0.543 e. The summed E-state index contributed by atoms with van der Waals surface area (Å²) in [6.07, 6.45) is 0. The number of hydrogen-bond acceptors (Lipinski definition) is 1. The molecule has 0 radical (unpaired) electrons. The van der Waals surface area contributed by atoms with Gasteiger partial charge in [0, 0.05) is 0 Å². The van der Waals surface area contributed by atoms with E-state index in [4.69, 9.17) is 4.43 Å². The maximum Gasteiger partial charge on any atom is 0.250 e. The van der Waals surface area contributed by atoms with Gasteiger partial charge in [-0.25, -0.2) is 0 Å². The zero-order valence-corrected chi connectivity index (χ0v) is 12.9. The third kappa shape index (κ3) is 2.59. The van der Waals surface area contributed by atoms with Crippen molar-refractivity contribution >= 4 is 19.1 Å². The average Bonchev–Trinajstić information content (AvgIpc) is 2.27. The molecule has 2 aromatic carbocycles. The van der Waals surface area contributed by atoms with Crippen LogP contribution in [-0.2, 0) is 0 Å². The molecular weight excluding hydrogens is 236 g/mol. The maximum atomic E-state index is 6.31. The summed E-state index contributed by atoms with van der Waals surface area (Å²) < 4.78 is 6.31. The number of rotatable bonds is 2. The first-order valence-electron chi connectivity index (χ1n) is 6.47. The molecule has 0 amide bonds. The average molecular weight is 258 g/mol. The highest BCUT2D eigenvalue weighted by molar-refractivity contribution is 6.74. The van der Waals surface area contributed by atoms with Crippen molar-refractivity contribution in [2.24, 2.45) is 0 Å². The van der Waals surface area contributed by atoms with Crippen LogP contribution in [0, 0.1) is 0 Å². The molecule has 0 unspecified atom stereocenters. The van der Waals surface area contributed by atoms with Crippen LogP contribution in [0.2, 0.25) is 18.1 Å². The summed E-state index contributed by atoms with van der Waals surface area (Å²) in [4.78, 5) is 0. The van der Waals surface area contributed by atoms with E-state index in [-0.39, 0.29) is 5.04 Å². The fraction of sp³-hybridized carbons (Fsp3) is 0.375. The van der Waals surface area contributed by atoms with Crippen LogP contribution in [-0.4, -0.2) is 8.32 Å². The van der Waals surface area contributed by atoms with Gasteiger partial charge in [0.15, 0.2) is 0 Å². The Balaban J connectivity index is 2.33. The largest absolute Gasteiger partial charge is 0.543 e. The molecule has 2 aromatic rings. The molecule has 0 aromatic heterocycles. The summed E-state index contributed by atoms with van der Waals surface area (Å²) in [5.74, 6) is 1.00. The molecule has 0 N–H and O–H groups in total. The lowest BCUT2D eigenvalue weighted by Crippen LogP contribution is -2.43. The summed E-state index contributed by atoms with van der Waals surface area (Å²) in [6, 6.07) is 14.8. The van der Waals surface area contributed by atoms with Gasteiger partial charge in [-0.3, -0.25) is 0 Å². The molecule has 0 aliphatic heterocycles. The second-order valence-electron chi connectivity index (χ2n) is 6.37. The lowest BCUT2D eigenvalue weighted by Gasteiger charge is -2.36. The van der Waals surface area contributed by atoms with Gasteiger partial charge in [0.05, 0.1) is 0 Å². The Morgan fingerprint density at radius 2 is 1.50 bits per heavy atom.